The van der Waals surface area contributed by atoms with Crippen molar-refractivity contribution in [1.82, 2.24) is 14.9 Å². The smallest absolute Gasteiger partial charge is 0.270 e. The molecule has 0 bridgehead atoms. The maximum atomic E-state index is 13.6. The molecule has 146 valence electrons. The molecule has 1 aromatic carbocycles. The van der Waals surface area contributed by atoms with E-state index in [9.17, 15) is 14.3 Å². The zero-order chi connectivity index (χ0) is 19.4. The van der Waals surface area contributed by atoms with Gasteiger partial charge in [0.2, 0.25) is 0 Å². The van der Waals surface area contributed by atoms with Crippen LogP contribution in [0.4, 0.5) is 9.52 Å². The Hall–Kier alpha value is -2.45. The van der Waals surface area contributed by atoms with E-state index in [-0.39, 0.29) is 23.9 Å². The van der Waals surface area contributed by atoms with Crippen molar-refractivity contribution in [3.63, 3.8) is 0 Å². The molecule has 3 aromatic rings. The monoisotopic (exact) mass is 400 g/mol. The highest BCUT2D eigenvalue weighted by Gasteiger charge is 2.30. The number of aliphatic hydroxyl groups is 1. The molecule has 28 heavy (non-hydrogen) atoms. The number of thiazole rings is 1. The summed E-state index contributed by atoms with van der Waals surface area (Å²) in [5.41, 5.74) is 2.99. The molecular weight excluding hydrogens is 379 g/mol. The minimum Gasteiger partial charge on any atom is -0.393 e. The summed E-state index contributed by atoms with van der Waals surface area (Å²) in [5, 5.41) is 14.5. The van der Waals surface area contributed by atoms with Crippen LogP contribution in [-0.2, 0) is 13.0 Å². The molecule has 1 saturated carbocycles. The van der Waals surface area contributed by atoms with Crippen LogP contribution in [-0.4, -0.2) is 44.6 Å². The first-order valence-corrected chi connectivity index (χ1v) is 10.3. The Balaban J connectivity index is 1.33. The standard InChI is InChI=1S/C20H21FN4O2S/c1-10-4-11(21)5-16-14(10)8-17(23-16)19(27)25-3-2-15-18(9-25)28-20(24-15)22-12-6-13(26)7-12/h4-5,8,12-13,23,26H,2-3,6-7,9H2,1H3,(H,22,24). The topological polar surface area (TPSA) is 81.2 Å². The van der Waals surface area contributed by atoms with Crippen molar-refractivity contribution in [2.24, 2.45) is 0 Å². The van der Waals surface area contributed by atoms with Gasteiger partial charge in [0.05, 0.1) is 18.3 Å². The van der Waals surface area contributed by atoms with Crippen molar-refractivity contribution >= 4 is 33.3 Å². The number of amides is 1. The van der Waals surface area contributed by atoms with E-state index >= 15 is 0 Å². The van der Waals surface area contributed by atoms with E-state index in [4.69, 9.17) is 0 Å². The number of aromatic nitrogens is 2. The second kappa shape index (κ2) is 6.56. The molecule has 1 aliphatic heterocycles. The van der Waals surface area contributed by atoms with E-state index < -0.39 is 0 Å². The van der Waals surface area contributed by atoms with Gasteiger partial charge in [-0.05, 0) is 43.5 Å². The number of hydrogen-bond donors (Lipinski definition) is 3. The molecular formula is C20H21FN4O2S. The normalized spacial score (nSPS) is 21.5. The third-order valence-corrected chi connectivity index (χ3v) is 6.61. The number of nitrogens with zero attached hydrogens (tertiary/aromatic N) is 2. The summed E-state index contributed by atoms with van der Waals surface area (Å²) < 4.78 is 13.6. The summed E-state index contributed by atoms with van der Waals surface area (Å²) in [6.45, 7) is 2.98. The molecule has 8 heteroatoms. The Morgan fingerprint density at radius 2 is 2.21 bits per heavy atom. The van der Waals surface area contributed by atoms with Gasteiger partial charge >= 0.3 is 0 Å². The Morgan fingerprint density at radius 1 is 1.39 bits per heavy atom. The lowest BCUT2D eigenvalue weighted by atomic mass is 9.90. The van der Waals surface area contributed by atoms with Gasteiger partial charge < -0.3 is 20.3 Å². The van der Waals surface area contributed by atoms with Gasteiger partial charge in [0, 0.05) is 34.8 Å². The number of aliphatic hydroxyl groups excluding tert-OH is 1. The molecule has 3 heterocycles. The van der Waals surface area contributed by atoms with Gasteiger partial charge in [0.15, 0.2) is 5.13 Å². The number of fused-ring (bicyclic) bond motifs is 2. The van der Waals surface area contributed by atoms with Crippen molar-refractivity contribution in [2.75, 3.05) is 11.9 Å². The highest BCUT2D eigenvalue weighted by Crippen LogP contribution is 2.32. The van der Waals surface area contributed by atoms with Crippen LogP contribution in [0.2, 0.25) is 0 Å². The van der Waals surface area contributed by atoms with Crippen molar-refractivity contribution in [3.8, 4) is 0 Å². The molecule has 2 aliphatic rings. The average molecular weight is 400 g/mol. The maximum absolute atomic E-state index is 13.6. The number of aromatic amines is 1. The number of rotatable bonds is 3. The van der Waals surface area contributed by atoms with Crippen molar-refractivity contribution < 1.29 is 14.3 Å². The second-order valence-corrected chi connectivity index (χ2v) is 8.78. The number of H-pyrrole nitrogens is 1. The fourth-order valence-corrected chi connectivity index (χ4v) is 5.07. The van der Waals surface area contributed by atoms with E-state index in [0.717, 1.165) is 45.9 Å². The summed E-state index contributed by atoms with van der Waals surface area (Å²) in [4.78, 5) is 23.6. The fourth-order valence-electron chi connectivity index (χ4n) is 3.97. The summed E-state index contributed by atoms with van der Waals surface area (Å²) in [6.07, 6.45) is 2.04. The molecule has 0 spiro atoms. The highest BCUT2D eigenvalue weighted by molar-refractivity contribution is 7.15. The van der Waals surface area contributed by atoms with Crippen LogP contribution >= 0.6 is 11.3 Å². The number of benzene rings is 1. The fraction of sp³-hybridized carbons (Fsp3) is 0.400. The highest BCUT2D eigenvalue weighted by atomic mass is 32.1. The summed E-state index contributed by atoms with van der Waals surface area (Å²) >= 11 is 1.58. The predicted octanol–water partition coefficient (Wildman–Crippen LogP) is 3.21. The van der Waals surface area contributed by atoms with E-state index in [1.807, 2.05) is 17.9 Å². The van der Waals surface area contributed by atoms with Gasteiger partial charge in [-0.25, -0.2) is 9.37 Å². The van der Waals surface area contributed by atoms with Crippen molar-refractivity contribution in [1.29, 1.82) is 0 Å². The molecule has 1 amide bonds. The van der Waals surface area contributed by atoms with Crippen LogP contribution < -0.4 is 5.32 Å². The Bertz CT molecular complexity index is 1070. The lowest BCUT2D eigenvalue weighted by Gasteiger charge is -2.31. The molecule has 3 N–H and O–H groups in total. The number of nitrogens with one attached hydrogen (secondary N) is 2. The summed E-state index contributed by atoms with van der Waals surface area (Å²) in [7, 11) is 0. The molecule has 1 aliphatic carbocycles. The van der Waals surface area contributed by atoms with Gasteiger partial charge in [-0.15, -0.1) is 0 Å². The van der Waals surface area contributed by atoms with Gasteiger partial charge in [-0.1, -0.05) is 11.3 Å². The van der Waals surface area contributed by atoms with Crippen LogP contribution in [0.5, 0.6) is 0 Å². The molecule has 2 aromatic heterocycles. The van der Waals surface area contributed by atoms with Crippen molar-refractivity contribution in [2.45, 2.75) is 44.9 Å². The van der Waals surface area contributed by atoms with Gasteiger partial charge in [0.1, 0.15) is 11.5 Å². The van der Waals surface area contributed by atoms with Crippen LogP contribution in [0, 0.1) is 12.7 Å². The molecule has 0 atom stereocenters. The predicted molar refractivity (Wildman–Crippen MR) is 106 cm³/mol. The Morgan fingerprint density at radius 3 is 3.00 bits per heavy atom. The average Bonchev–Trinajstić information content (AvgIpc) is 3.22. The Kier molecular flexibility index (Phi) is 4.13. The number of halogens is 1. The van der Waals surface area contributed by atoms with Gasteiger partial charge in [-0.2, -0.15) is 0 Å². The van der Waals surface area contributed by atoms with Gasteiger partial charge in [0.25, 0.3) is 5.91 Å². The van der Waals surface area contributed by atoms with Gasteiger partial charge in [-0.3, -0.25) is 4.79 Å². The molecule has 0 radical (unpaired) electrons. The number of hydrogen-bond acceptors (Lipinski definition) is 5. The van der Waals surface area contributed by atoms with Crippen LogP contribution in [0.1, 0.15) is 39.5 Å². The van der Waals surface area contributed by atoms with Crippen LogP contribution in [0.3, 0.4) is 0 Å². The SMILES string of the molecule is Cc1cc(F)cc2[nH]c(C(=O)N3CCc4nc(NC5CC(O)C5)sc4C3)cc12. The number of anilines is 1. The zero-order valence-corrected chi connectivity index (χ0v) is 16.3. The lowest BCUT2D eigenvalue weighted by molar-refractivity contribution is 0.0731. The number of carbonyl (C=O) groups is 1. The third-order valence-electron chi connectivity index (χ3n) is 5.60. The van der Waals surface area contributed by atoms with Crippen molar-refractivity contribution in [3.05, 3.63) is 45.8 Å². The summed E-state index contributed by atoms with van der Waals surface area (Å²) in [6, 6.07) is 5.00. The minimum absolute atomic E-state index is 0.0771. The van der Waals surface area contributed by atoms with Crippen LogP contribution in [0.15, 0.2) is 18.2 Å². The van der Waals surface area contributed by atoms with Crippen LogP contribution in [0.25, 0.3) is 10.9 Å². The summed E-state index contributed by atoms with van der Waals surface area (Å²) in [5.74, 6) is -0.385. The second-order valence-electron chi connectivity index (χ2n) is 7.70. The third kappa shape index (κ3) is 3.06. The minimum atomic E-state index is -0.308. The number of carbonyl (C=O) groups excluding carboxylic acids is 1. The molecule has 5 rings (SSSR count). The van der Waals surface area contributed by atoms with E-state index in [1.54, 1.807) is 11.3 Å². The first-order valence-electron chi connectivity index (χ1n) is 9.47. The number of aryl methyl sites for hydroxylation is 1. The Labute approximate surface area is 165 Å². The lowest BCUT2D eigenvalue weighted by Crippen LogP contribution is -2.38. The van der Waals surface area contributed by atoms with E-state index in [1.165, 1.54) is 12.1 Å². The zero-order valence-electron chi connectivity index (χ0n) is 15.5. The molecule has 1 fully saturated rings. The maximum Gasteiger partial charge on any atom is 0.270 e. The quantitative estimate of drug-likeness (QED) is 0.631. The largest absolute Gasteiger partial charge is 0.393 e. The van der Waals surface area contributed by atoms with E-state index in [0.29, 0.717) is 24.3 Å². The van der Waals surface area contributed by atoms with E-state index in [2.05, 4.69) is 15.3 Å². The first-order chi connectivity index (χ1) is 13.5. The molecule has 0 unspecified atom stereocenters. The first kappa shape index (κ1) is 17.6. The molecule has 0 saturated heterocycles. The molecule has 6 nitrogen and oxygen atoms in total.